The number of rotatable bonds is 4. The summed E-state index contributed by atoms with van der Waals surface area (Å²) in [7, 11) is 0. The summed E-state index contributed by atoms with van der Waals surface area (Å²) in [6.07, 6.45) is 2.34. The predicted octanol–water partition coefficient (Wildman–Crippen LogP) is 3.44. The summed E-state index contributed by atoms with van der Waals surface area (Å²) in [6.45, 7) is 6.24. The largest absolute Gasteiger partial charge is 0.388 e. The number of aliphatic hydroxyl groups excluding tert-OH is 1. The molecule has 0 aliphatic heterocycles. The van der Waals surface area contributed by atoms with E-state index in [0.29, 0.717) is 5.92 Å². The molecular formula is C15H20N2O. The normalized spacial score (nSPS) is 12.9. The van der Waals surface area contributed by atoms with Gasteiger partial charge < -0.3 is 5.11 Å². The summed E-state index contributed by atoms with van der Waals surface area (Å²) in [6, 6.07) is 9.94. The Morgan fingerprint density at radius 1 is 1.17 bits per heavy atom. The maximum absolute atomic E-state index is 9.75. The number of benzene rings is 1. The topological polar surface area (TPSA) is 38.0 Å². The van der Waals surface area contributed by atoms with Gasteiger partial charge in [0.05, 0.1) is 17.5 Å². The smallest absolute Gasteiger partial charge is 0.0787 e. The molecule has 96 valence electrons. The summed E-state index contributed by atoms with van der Waals surface area (Å²) >= 11 is 0. The van der Waals surface area contributed by atoms with Gasteiger partial charge in [-0.05, 0) is 36.1 Å². The van der Waals surface area contributed by atoms with E-state index in [1.165, 1.54) is 0 Å². The van der Waals surface area contributed by atoms with E-state index in [9.17, 15) is 5.11 Å². The van der Waals surface area contributed by atoms with Gasteiger partial charge >= 0.3 is 0 Å². The molecule has 0 amide bonds. The third-order valence-corrected chi connectivity index (χ3v) is 3.13. The zero-order valence-corrected chi connectivity index (χ0v) is 11.2. The first-order valence-electron chi connectivity index (χ1n) is 6.45. The van der Waals surface area contributed by atoms with Crippen molar-refractivity contribution in [2.75, 3.05) is 0 Å². The monoisotopic (exact) mass is 244 g/mol. The second kappa shape index (κ2) is 5.36. The summed E-state index contributed by atoms with van der Waals surface area (Å²) in [4.78, 5) is 0. The van der Waals surface area contributed by atoms with Gasteiger partial charge in [0.2, 0.25) is 0 Å². The lowest BCUT2D eigenvalue weighted by Crippen LogP contribution is -1.99. The molecule has 18 heavy (non-hydrogen) atoms. The zero-order chi connectivity index (χ0) is 13.1. The van der Waals surface area contributed by atoms with Gasteiger partial charge in [0, 0.05) is 6.20 Å². The molecule has 1 aromatic carbocycles. The fourth-order valence-electron chi connectivity index (χ4n) is 1.87. The van der Waals surface area contributed by atoms with Crippen LogP contribution in [0.5, 0.6) is 0 Å². The van der Waals surface area contributed by atoms with Crippen LogP contribution in [-0.2, 0) is 0 Å². The van der Waals surface area contributed by atoms with E-state index in [4.69, 9.17) is 0 Å². The number of hydrogen-bond donors (Lipinski definition) is 1. The molecule has 1 heterocycles. The highest BCUT2D eigenvalue weighted by atomic mass is 16.3. The molecule has 2 rings (SSSR count). The molecule has 1 aromatic heterocycles. The summed E-state index contributed by atoms with van der Waals surface area (Å²) < 4.78 is 1.87. The molecular weight excluding hydrogens is 224 g/mol. The second-order valence-electron chi connectivity index (χ2n) is 4.86. The maximum Gasteiger partial charge on any atom is 0.0787 e. The van der Waals surface area contributed by atoms with Crippen molar-refractivity contribution in [2.24, 2.45) is 0 Å². The molecule has 0 aliphatic carbocycles. The molecule has 0 unspecified atom stereocenters. The first-order valence-corrected chi connectivity index (χ1v) is 6.45. The molecule has 0 saturated heterocycles. The lowest BCUT2D eigenvalue weighted by atomic mass is 10.1. The summed E-state index contributed by atoms with van der Waals surface area (Å²) in [5.41, 5.74) is 3.07. The van der Waals surface area contributed by atoms with Crippen LogP contribution in [0.2, 0.25) is 0 Å². The molecule has 3 heteroatoms. The minimum atomic E-state index is -0.372. The molecule has 0 radical (unpaired) electrons. The molecule has 1 N–H and O–H groups in total. The maximum atomic E-state index is 9.75. The highest BCUT2D eigenvalue weighted by Crippen LogP contribution is 2.19. The van der Waals surface area contributed by atoms with Gasteiger partial charge in [-0.15, -0.1) is 0 Å². The standard InChI is InChI=1S/C15H20N2O/c1-4-15(18)12-5-7-13(8-6-12)17-10-9-14(16-17)11(2)3/h5-11,15,18H,4H2,1-3H3/t15-/m1/s1. The number of aromatic nitrogens is 2. The van der Waals surface area contributed by atoms with Crippen molar-refractivity contribution in [1.29, 1.82) is 0 Å². The van der Waals surface area contributed by atoms with Crippen molar-refractivity contribution in [1.82, 2.24) is 9.78 Å². The third-order valence-electron chi connectivity index (χ3n) is 3.13. The Morgan fingerprint density at radius 2 is 1.83 bits per heavy atom. The van der Waals surface area contributed by atoms with Gasteiger partial charge in [0.15, 0.2) is 0 Å². The third kappa shape index (κ3) is 2.62. The minimum absolute atomic E-state index is 0.372. The Labute approximate surface area is 108 Å². The Balaban J connectivity index is 2.23. The molecule has 2 aromatic rings. The van der Waals surface area contributed by atoms with Crippen LogP contribution in [0.3, 0.4) is 0 Å². The fraction of sp³-hybridized carbons (Fsp3) is 0.400. The molecule has 0 spiro atoms. The predicted molar refractivity (Wildman–Crippen MR) is 72.9 cm³/mol. The van der Waals surface area contributed by atoms with Gasteiger partial charge in [-0.3, -0.25) is 0 Å². The molecule has 0 fully saturated rings. The SMILES string of the molecule is CC[C@@H](O)c1ccc(-n2ccc(C(C)C)n2)cc1. The van der Waals surface area contributed by atoms with Crippen LogP contribution < -0.4 is 0 Å². The van der Waals surface area contributed by atoms with E-state index in [1.54, 1.807) is 0 Å². The van der Waals surface area contributed by atoms with Gasteiger partial charge in [0.1, 0.15) is 0 Å². The summed E-state index contributed by atoms with van der Waals surface area (Å²) in [5, 5.41) is 14.3. The molecule has 0 bridgehead atoms. The fourth-order valence-corrected chi connectivity index (χ4v) is 1.87. The number of aliphatic hydroxyl groups is 1. The highest BCUT2D eigenvalue weighted by Gasteiger charge is 2.07. The van der Waals surface area contributed by atoms with Gasteiger partial charge in [-0.2, -0.15) is 5.10 Å². The zero-order valence-electron chi connectivity index (χ0n) is 11.2. The van der Waals surface area contributed by atoms with Crippen molar-refractivity contribution in [3.63, 3.8) is 0 Å². The van der Waals surface area contributed by atoms with Crippen LogP contribution in [0.1, 0.15) is 50.5 Å². The van der Waals surface area contributed by atoms with Crippen LogP contribution in [-0.4, -0.2) is 14.9 Å². The average molecular weight is 244 g/mol. The summed E-state index contributed by atoms with van der Waals surface area (Å²) in [5.74, 6) is 0.437. The Kier molecular flexibility index (Phi) is 3.82. The van der Waals surface area contributed by atoms with E-state index in [2.05, 4.69) is 18.9 Å². The minimum Gasteiger partial charge on any atom is -0.388 e. The first kappa shape index (κ1) is 12.8. The van der Waals surface area contributed by atoms with Crippen molar-refractivity contribution < 1.29 is 5.11 Å². The van der Waals surface area contributed by atoms with Crippen LogP contribution in [0.25, 0.3) is 5.69 Å². The van der Waals surface area contributed by atoms with Gasteiger partial charge in [-0.1, -0.05) is 32.9 Å². The quantitative estimate of drug-likeness (QED) is 0.894. The van der Waals surface area contributed by atoms with Crippen LogP contribution in [0, 0.1) is 0 Å². The Bertz CT molecular complexity index is 499. The van der Waals surface area contributed by atoms with Crippen LogP contribution in [0.4, 0.5) is 0 Å². The van der Waals surface area contributed by atoms with Gasteiger partial charge in [0.25, 0.3) is 0 Å². The van der Waals surface area contributed by atoms with E-state index in [-0.39, 0.29) is 6.10 Å². The van der Waals surface area contributed by atoms with Crippen LogP contribution >= 0.6 is 0 Å². The number of hydrogen-bond acceptors (Lipinski definition) is 2. The van der Waals surface area contributed by atoms with Crippen molar-refractivity contribution >= 4 is 0 Å². The molecule has 0 saturated carbocycles. The lowest BCUT2D eigenvalue weighted by Gasteiger charge is -2.09. The highest BCUT2D eigenvalue weighted by molar-refractivity contribution is 5.35. The van der Waals surface area contributed by atoms with Crippen molar-refractivity contribution in [3.05, 3.63) is 47.8 Å². The second-order valence-corrected chi connectivity index (χ2v) is 4.86. The van der Waals surface area contributed by atoms with E-state index in [1.807, 2.05) is 48.1 Å². The van der Waals surface area contributed by atoms with Crippen molar-refractivity contribution in [3.8, 4) is 5.69 Å². The molecule has 1 atom stereocenters. The average Bonchev–Trinajstić information content (AvgIpc) is 2.88. The molecule has 0 aliphatic rings. The first-order chi connectivity index (χ1) is 8.61. The van der Waals surface area contributed by atoms with E-state index < -0.39 is 0 Å². The van der Waals surface area contributed by atoms with E-state index >= 15 is 0 Å². The molecule has 3 nitrogen and oxygen atoms in total. The Morgan fingerprint density at radius 3 is 2.33 bits per heavy atom. The Hall–Kier alpha value is -1.61. The van der Waals surface area contributed by atoms with E-state index in [0.717, 1.165) is 23.4 Å². The van der Waals surface area contributed by atoms with Crippen molar-refractivity contribution in [2.45, 2.75) is 39.2 Å². The van der Waals surface area contributed by atoms with Crippen LogP contribution in [0.15, 0.2) is 36.5 Å². The van der Waals surface area contributed by atoms with Gasteiger partial charge in [-0.25, -0.2) is 4.68 Å². The lowest BCUT2D eigenvalue weighted by molar-refractivity contribution is 0.173. The number of nitrogens with zero attached hydrogens (tertiary/aromatic N) is 2.